The minimum absolute atomic E-state index is 0.157. The fourth-order valence-electron chi connectivity index (χ4n) is 3.89. The number of para-hydroxylation sites is 1. The van der Waals surface area contributed by atoms with Crippen molar-refractivity contribution >= 4 is 40.0 Å². The van der Waals surface area contributed by atoms with Gasteiger partial charge in [-0.15, -0.1) is 0 Å². The fourth-order valence-corrected chi connectivity index (χ4v) is 4.46. The predicted octanol–water partition coefficient (Wildman–Crippen LogP) is 4.91. The van der Waals surface area contributed by atoms with Crippen LogP contribution in [-0.4, -0.2) is 41.5 Å². The molecule has 3 aromatic rings. The van der Waals surface area contributed by atoms with E-state index < -0.39 is 0 Å². The van der Waals surface area contributed by atoms with Crippen LogP contribution in [0.3, 0.4) is 0 Å². The van der Waals surface area contributed by atoms with Crippen LogP contribution in [0.1, 0.15) is 28.8 Å². The second-order valence-corrected chi connectivity index (χ2v) is 8.11. The summed E-state index contributed by atoms with van der Waals surface area (Å²) < 4.78 is 0. The lowest BCUT2D eigenvalue weighted by Crippen LogP contribution is -2.45. The number of carbonyl (C=O) groups is 1. The Kier molecular flexibility index (Phi) is 5.90. The number of rotatable bonds is 5. The fraction of sp³-hybridized carbons (Fsp3) is 0.318. The molecule has 2 heterocycles. The zero-order valence-electron chi connectivity index (χ0n) is 15.6. The molecule has 2 aromatic carbocycles. The van der Waals surface area contributed by atoms with E-state index in [1.807, 2.05) is 0 Å². The molecule has 1 aromatic heterocycles. The maximum absolute atomic E-state index is 12.5. The van der Waals surface area contributed by atoms with Crippen LogP contribution in [0.15, 0.2) is 48.7 Å². The van der Waals surface area contributed by atoms with E-state index in [4.69, 9.17) is 23.2 Å². The van der Waals surface area contributed by atoms with E-state index >= 15 is 0 Å². The maximum atomic E-state index is 12.5. The number of hydrogen-bond donors (Lipinski definition) is 2. The van der Waals surface area contributed by atoms with Crippen LogP contribution in [-0.2, 0) is 6.42 Å². The molecule has 1 fully saturated rings. The van der Waals surface area contributed by atoms with Crippen molar-refractivity contribution in [2.45, 2.75) is 25.3 Å². The number of fused-ring (bicyclic) bond motifs is 1. The molecular weight excluding hydrogens is 393 g/mol. The molecule has 0 aliphatic carbocycles. The van der Waals surface area contributed by atoms with Crippen LogP contribution in [0.25, 0.3) is 10.9 Å². The molecule has 0 saturated carbocycles. The first kappa shape index (κ1) is 19.3. The maximum Gasteiger partial charge on any atom is 0.254 e. The monoisotopic (exact) mass is 415 g/mol. The Bertz CT molecular complexity index is 957. The summed E-state index contributed by atoms with van der Waals surface area (Å²) in [6.07, 6.45) is 5.00. The summed E-state index contributed by atoms with van der Waals surface area (Å²) in [5.74, 6) is -0.187. The Morgan fingerprint density at radius 3 is 2.54 bits per heavy atom. The van der Waals surface area contributed by atoms with E-state index in [9.17, 15) is 4.79 Å². The van der Waals surface area contributed by atoms with Gasteiger partial charge in [0.15, 0.2) is 0 Å². The van der Waals surface area contributed by atoms with Crippen molar-refractivity contribution in [2.75, 3.05) is 19.6 Å². The summed E-state index contributed by atoms with van der Waals surface area (Å²) >= 11 is 12.3. The van der Waals surface area contributed by atoms with Crippen LogP contribution >= 0.6 is 23.2 Å². The molecule has 28 heavy (non-hydrogen) atoms. The molecule has 6 heteroatoms. The first-order valence-electron chi connectivity index (χ1n) is 9.64. The highest BCUT2D eigenvalue weighted by atomic mass is 35.5. The summed E-state index contributed by atoms with van der Waals surface area (Å²) in [4.78, 5) is 18.4. The summed E-state index contributed by atoms with van der Waals surface area (Å²) in [5.41, 5.74) is 2.92. The van der Waals surface area contributed by atoms with Gasteiger partial charge in [0.1, 0.15) is 0 Å². The Morgan fingerprint density at radius 2 is 1.79 bits per heavy atom. The molecule has 0 radical (unpaired) electrons. The topological polar surface area (TPSA) is 48.1 Å². The summed E-state index contributed by atoms with van der Waals surface area (Å²) in [7, 11) is 0. The molecule has 1 aliphatic rings. The molecule has 0 bridgehead atoms. The van der Waals surface area contributed by atoms with Crippen molar-refractivity contribution in [3.63, 3.8) is 0 Å². The van der Waals surface area contributed by atoms with Gasteiger partial charge in [0, 0.05) is 42.8 Å². The summed E-state index contributed by atoms with van der Waals surface area (Å²) in [5, 5.41) is 5.18. The standard InChI is InChI=1S/C22H23Cl2N3O/c23-18-5-3-6-19(24)21(18)22(28)26-16-9-12-27(13-10-16)11-8-15-14-25-20-7-2-1-4-17(15)20/h1-7,14,16,25H,8-13H2,(H,26,28). The molecule has 0 atom stereocenters. The minimum atomic E-state index is -0.187. The lowest BCUT2D eigenvalue weighted by atomic mass is 10.0. The highest BCUT2D eigenvalue weighted by Gasteiger charge is 2.23. The smallest absolute Gasteiger partial charge is 0.254 e. The Balaban J connectivity index is 1.28. The molecule has 4 nitrogen and oxygen atoms in total. The molecule has 1 aliphatic heterocycles. The van der Waals surface area contributed by atoms with Crippen molar-refractivity contribution < 1.29 is 4.79 Å². The second-order valence-electron chi connectivity index (χ2n) is 7.30. The number of amides is 1. The van der Waals surface area contributed by atoms with Gasteiger partial charge in [-0.1, -0.05) is 47.5 Å². The number of aromatic amines is 1. The Hall–Kier alpha value is -2.01. The largest absolute Gasteiger partial charge is 0.361 e. The molecule has 1 amide bonds. The van der Waals surface area contributed by atoms with Gasteiger partial charge >= 0.3 is 0 Å². The lowest BCUT2D eigenvalue weighted by molar-refractivity contribution is 0.0912. The van der Waals surface area contributed by atoms with Crippen LogP contribution < -0.4 is 5.32 Å². The molecule has 2 N–H and O–H groups in total. The molecule has 146 valence electrons. The average Bonchev–Trinajstić information content (AvgIpc) is 3.10. The van der Waals surface area contributed by atoms with Gasteiger partial charge in [-0.05, 0) is 43.0 Å². The molecule has 1 saturated heterocycles. The van der Waals surface area contributed by atoms with Gasteiger partial charge < -0.3 is 15.2 Å². The average molecular weight is 416 g/mol. The van der Waals surface area contributed by atoms with Crippen molar-refractivity contribution in [1.82, 2.24) is 15.2 Å². The van der Waals surface area contributed by atoms with Crippen molar-refractivity contribution in [2.24, 2.45) is 0 Å². The molecule has 0 spiro atoms. The zero-order chi connectivity index (χ0) is 19.5. The number of benzene rings is 2. The Labute approximate surface area is 174 Å². The summed E-state index contributed by atoms with van der Waals surface area (Å²) in [6, 6.07) is 13.7. The molecule has 4 rings (SSSR count). The van der Waals surface area contributed by atoms with Gasteiger partial charge in [-0.2, -0.15) is 0 Å². The van der Waals surface area contributed by atoms with Crippen LogP contribution in [0.2, 0.25) is 10.0 Å². The third-order valence-corrected chi connectivity index (χ3v) is 6.11. The predicted molar refractivity (Wildman–Crippen MR) is 115 cm³/mol. The number of nitrogens with zero attached hydrogens (tertiary/aromatic N) is 1. The van der Waals surface area contributed by atoms with Crippen molar-refractivity contribution in [3.05, 3.63) is 69.8 Å². The number of carbonyl (C=O) groups excluding carboxylic acids is 1. The van der Waals surface area contributed by atoms with Gasteiger partial charge in [-0.25, -0.2) is 0 Å². The normalized spacial score (nSPS) is 15.8. The number of piperidine rings is 1. The van der Waals surface area contributed by atoms with E-state index in [0.29, 0.717) is 15.6 Å². The van der Waals surface area contributed by atoms with E-state index in [1.165, 1.54) is 16.5 Å². The zero-order valence-corrected chi connectivity index (χ0v) is 17.1. The SMILES string of the molecule is O=C(NC1CCN(CCc2c[nH]c3ccccc23)CC1)c1c(Cl)cccc1Cl. The summed E-state index contributed by atoms with van der Waals surface area (Å²) in [6.45, 7) is 2.98. The van der Waals surface area contributed by atoms with E-state index in [1.54, 1.807) is 18.2 Å². The number of nitrogens with one attached hydrogen (secondary N) is 2. The number of halogens is 2. The van der Waals surface area contributed by atoms with Gasteiger partial charge in [0.25, 0.3) is 5.91 Å². The van der Waals surface area contributed by atoms with E-state index in [0.717, 1.165) is 38.9 Å². The van der Waals surface area contributed by atoms with Gasteiger partial charge in [0.2, 0.25) is 0 Å². The molecular formula is C22H23Cl2N3O. The first-order chi connectivity index (χ1) is 13.6. The van der Waals surface area contributed by atoms with Crippen LogP contribution in [0, 0.1) is 0 Å². The number of aromatic nitrogens is 1. The second kappa shape index (κ2) is 8.56. The lowest BCUT2D eigenvalue weighted by Gasteiger charge is -2.32. The van der Waals surface area contributed by atoms with Crippen LogP contribution in [0.4, 0.5) is 0 Å². The van der Waals surface area contributed by atoms with Gasteiger partial charge in [0.05, 0.1) is 15.6 Å². The van der Waals surface area contributed by atoms with E-state index in [2.05, 4.69) is 45.7 Å². The number of likely N-dealkylation sites (tertiary alicyclic amines) is 1. The van der Waals surface area contributed by atoms with Crippen LogP contribution in [0.5, 0.6) is 0 Å². The number of hydrogen-bond acceptors (Lipinski definition) is 2. The Morgan fingerprint density at radius 1 is 1.07 bits per heavy atom. The third-order valence-electron chi connectivity index (χ3n) is 5.48. The number of H-pyrrole nitrogens is 1. The quantitative estimate of drug-likeness (QED) is 0.621. The van der Waals surface area contributed by atoms with Crippen molar-refractivity contribution in [1.29, 1.82) is 0 Å². The first-order valence-corrected chi connectivity index (χ1v) is 10.4. The highest BCUT2D eigenvalue weighted by molar-refractivity contribution is 6.39. The highest BCUT2D eigenvalue weighted by Crippen LogP contribution is 2.25. The minimum Gasteiger partial charge on any atom is -0.361 e. The van der Waals surface area contributed by atoms with Crippen molar-refractivity contribution in [3.8, 4) is 0 Å². The molecule has 0 unspecified atom stereocenters. The van der Waals surface area contributed by atoms with E-state index in [-0.39, 0.29) is 11.9 Å². The third kappa shape index (κ3) is 4.19. The van der Waals surface area contributed by atoms with Gasteiger partial charge in [-0.3, -0.25) is 4.79 Å².